The Hall–Kier alpha value is -0.760. The molecule has 0 aliphatic heterocycles. The smallest absolute Gasteiger partial charge is 0.149 e. The van der Waals surface area contributed by atoms with Crippen LogP contribution in [0.1, 0.15) is 33.6 Å². The summed E-state index contributed by atoms with van der Waals surface area (Å²) >= 11 is 1.76. The number of benzene rings is 1. The molecule has 2 aliphatic carbocycles. The first-order chi connectivity index (χ1) is 8.43. The lowest BCUT2D eigenvalue weighted by Crippen LogP contribution is -2.35. The van der Waals surface area contributed by atoms with Gasteiger partial charge in [0, 0.05) is 11.3 Å². The number of carbonyl (C=O) groups excluding carboxylic acids is 1. The number of fused-ring (bicyclic) bond motifs is 1. The minimum atomic E-state index is -0.212. The van der Waals surface area contributed by atoms with E-state index in [1.54, 1.807) is 11.8 Å². The van der Waals surface area contributed by atoms with Crippen molar-refractivity contribution in [1.29, 1.82) is 0 Å². The Labute approximate surface area is 113 Å². The Morgan fingerprint density at radius 1 is 1.11 bits per heavy atom. The Morgan fingerprint density at radius 3 is 2.44 bits per heavy atom. The van der Waals surface area contributed by atoms with Gasteiger partial charge < -0.3 is 0 Å². The van der Waals surface area contributed by atoms with Gasteiger partial charge in [-0.15, -0.1) is 11.8 Å². The summed E-state index contributed by atoms with van der Waals surface area (Å²) in [6.45, 7) is 6.76. The van der Waals surface area contributed by atoms with Gasteiger partial charge in [0.2, 0.25) is 0 Å². The Balaban J connectivity index is 1.80. The van der Waals surface area contributed by atoms with E-state index in [4.69, 9.17) is 0 Å². The Kier molecular flexibility index (Phi) is 2.64. The van der Waals surface area contributed by atoms with E-state index in [0.717, 1.165) is 18.8 Å². The van der Waals surface area contributed by atoms with Gasteiger partial charge in [0.05, 0.1) is 4.75 Å². The number of thioether (sulfide) groups is 1. The van der Waals surface area contributed by atoms with Crippen LogP contribution < -0.4 is 0 Å². The van der Waals surface area contributed by atoms with E-state index >= 15 is 0 Å². The monoisotopic (exact) mass is 260 g/mol. The minimum Gasteiger partial charge on any atom is -0.298 e. The van der Waals surface area contributed by atoms with Crippen molar-refractivity contribution in [3.05, 3.63) is 30.3 Å². The van der Waals surface area contributed by atoms with Crippen molar-refractivity contribution in [3.8, 4) is 0 Å². The average Bonchev–Trinajstić information content (AvgIpc) is 2.82. The van der Waals surface area contributed by atoms with Gasteiger partial charge in [0.1, 0.15) is 5.78 Å². The quantitative estimate of drug-likeness (QED) is 0.793. The van der Waals surface area contributed by atoms with Crippen molar-refractivity contribution in [2.24, 2.45) is 17.3 Å². The first kappa shape index (κ1) is 12.3. The maximum Gasteiger partial charge on any atom is 0.149 e. The zero-order valence-corrected chi connectivity index (χ0v) is 12.1. The van der Waals surface area contributed by atoms with Crippen LogP contribution in [0.3, 0.4) is 0 Å². The number of hydrogen-bond acceptors (Lipinski definition) is 2. The third kappa shape index (κ3) is 1.82. The van der Waals surface area contributed by atoms with Crippen molar-refractivity contribution in [1.82, 2.24) is 0 Å². The molecule has 18 heavy (non-hydrogen) atoms. The van der Waals surface area contributed by atoms with E-state index in [-0.39, 0.29) is 4.75 Å². The third-order valence-electron chi connectivity index (χ3n) is 4.98. The molecule has 1 aromatic rings. The van der Waals surface area contributed by atoms with Gasteiger partial charge in [-0.2, -0.15) is 0 Å². The van der Waals surface area contributed by atoms with Crippen LogP contribution >= 0.6 is 11.8 Å². The fourth-order valence-electron chi connectivity index (χ4n) is 3.46. The largest absolute Gasteiger partial charge is 0.298 e. The molecule has 0 amide bonds. The van der Waals surface area contributed by atoms with Gasteiger partial charge in [0.25, 0.3) is 0 Å². The standard InChI is InChI=1S/C16H20OS/c1-15(2)12-9-14(17)16(3,10-13(12)15)18-11-7-5-4-6-8-11/h4-8,12-13H,9-10H2,1-3H3. The summed E-state index contributed by atoms with van der Waals surface area (Å²) in [5.74, 6) is 1.84. The Bertz CT molecular complexity index is 479. The van der Waals surface area contributed by atoms with E-state index in [2.05, 4.69) is 32.9 Å². The second-order valence-electron chi connectivity index (χ2n) is 6.51. The highest BCUT2D eigenvalue weighted by Crippen LogP contribution is 2.67. The number of rotatable bonds is 2. The lowest BCUT2D eigenvalue weighted by atomic mass is 9.88. The van der Waals surface area contributed by atoms with Crippen LogP contribution in [-0.4, -0.2) is 10.5 Å². The lowest BCUT2D eigenvalue weighted by Gasteiger charge is -2.31. The molecule has 0 bridgehead atoms. The highest BCUT2D eigenvalue weighted by atomic mass is 32.2. The predicted molar refractivity (Wildman–Crippen MR) is 75.7 cm³/mol. The van der Waals surface area contributed by atoms with E-state index < -0.39 is 0 Å². The second-order valence-corrected chi connectivity index (χ2v) is 8.09. The summed E-state index contributed by atoms with van der Waals surface area (Å²) in [5.41, 5.74) is 0.394. The zero-order valence-electron chi connectivity index (χ0n) is 11.3. The molecule has 2 fully saturated rings. The lowest BCUT2D eigenvalue weighted by molar-refractivity contribution is -0.122. The molecule has 0 aromatic heterocycles. The maximum atomic E-state index is 12.4. The van der Waals surface area contributed by atoms with Gasteiger partial charge in [-0.1, -0.05) is 32.0 Å². The fraction of sp³-hybridized carbons (Fsp3) is 0.562. The van der Waals surface area contributed by atoms with Crippen molar-refractivity contribution >= 4 is 17.5 Å². The molecule has 2 heteroatoms. The van der Waals surface area contributed by atoms with Crippen LogP contribution in [0.4, 0.5) is 0 Å². The van der Waals surface area contributed by atoms with E-state index in [1.807, 2.05) is 18.2 Å². The van der Waals surface area contributed by atoms with Crippen LogP contribution in [-0.2, 0) is 4.79 Å². The first-order valence-corrected chi connectivity index (χ1v) is 7.52. The summed E-state index contributed by atoms with van der Waals surface area (Å²) in [5, 5.41) is 0. The van der Waals surface area contributed by atoms with Crippen LogP contribution in [0.25, 0.3) is 0 Å². The molecule has 0 saturated heterocycles. The van der Waals surface area contributed by atoms with Crippen molar-refractivity contribution in [2.75, 3.05) is 0 Å². The molecule has 1 nitrogen and oxygen atoms in total. The second kappa shape index (κ2) is 3.86. The van der Waals surface area contributed by atoms with Gasteiger partial charge in [-0.25, -0.2) is 0 Å². The van der Waals surface area contributed by atoms with Crippen LogP contribution in [0, 0.1) is 17.3 Å². The van der Waals surface area contributed by atoms with E-state index in [0.29, 0.717) is 17.1 Å². The maximum absolute atomic E-state index is 12.4. The Morgan fingerprint density at radius 2 is 1.78 bits per heavy atom. The molecule has 2 saturated carbocycles. The topological polar surface area (TPSA) is 17.1 Å². The molecular weight excluding hydrogens is 240 g/mol. The summed E-state index contributed by atoms with van der Waals surface area (Å²) in [6, 6.07) is 10.3. The van der Waals surface area contributed by atoms with E-state index in [1.165, 1.54) is 4.90 Å². The van der Waals surface area contributed by atoms with E-state index in [9.17, 15) is 4.79 Å². The summed E-state index contributed by atoms with van der Waals surface area (Å²) in [6.07, 6.45) is 1.83. The van der Waals surface area contributed by atoms with Gasteiger partial charge >= 0.3 is 0 Å². The van der Waals surface area contributed by atoms with Crippen molar-refractivity contribution in [2.45, 2.75) is 43.3 Å². The SMILES string of the molecule is CC1(Sc2ccccc2)CC2C(CC1=O)C2(C)C. The zero-order chi connectivity index (χ0) is 13.0. The molecular formula is C16H20OS. The first-order valence-electron chi connectivity index (χ1n) is 6.71. The molecule has 0 spiro atoms. The minimum absolute atomic E-state index is 0.212. The number of hydrogen-bond donors (Lipinski definition) is 0. The van der Waals surface area contributed by atoms with Gasteiger partial charge in [-0.3, -0.25) is 4.79 Å². The predicted octanol–water partition coefficient (Wildman–Crippen LogP) is 4.17. The molecule has 2 aliphatic rings. The molecule has 96 valence electrons. The summed E-state index contributed by atoms with van der Waals surface area (Å²) in [7, 11) is 0. The molecule has 0 N–H and O–H groups in total. The third-order valence-corrected chi connectivity index (χ3v) is 6.33. The number of ketones is 1. The highest BCUT2D eigenvalue weighted by molar-refractivity contribution is 8.01. The number of carbonyl (C=O) groups is 1. The van der Waals surface area contributed by atoms with Crippen LogP contribution in [0.5, 0.6) is 0 Å². The van der Waals surface area contributed by atoms with Gasteiger partial charge in [0.15, 0.2) is 0 Å². The number of Topliss-reactive ketones (excluding diaryl/α,β-unsaturated/α-hetero) is 1. The van der Waals surface area contributed by atoms with Gasteiger partial charge in [-0.05, 0) is 42.7 Å². The molecule has 3 unspecified atom stereocenters. The average molecular weight is 260 g/mol. The molecule has 1 aromatic carbocycles. The highest BCUT2D eigenvalue weighted by Gasteiger charge is 2.64. The molecule has 0 heterocycles. The van der Waals surface area contributed by atoms with Crippen LogP contribution in [0.15, 0.2) is 35.2 Å². The molecule has 3 rings (SSSR count). The molecule has 0 radical (unpaired) electrons. The van der Waals surface area contributed by atoms with Crippen LogP contribution in [0.2, 0.25) is 0 Å². The molecule has 3 atom stereocenters. The van der Waals surface area contributed by atoms with Crippen molar-refractivity contribution < 1.29 is 4.79 Å². The normalized spacial score (nSPS) is 37.2. The fourth-order valence-corrected chi connectivity index (χ4v) is 4.74. The summed E-state index contributed by atoms with van der Waals surface area (Å²) < 4.78 is -0.212. The summed E-state index contributed by atoms with van der Waals surface area (Å²) in [4.78, 5) is 13.6. The van der Waals surface area contributed by atoms with Crippen molar-refractivity contribution in [3.63, 3.8) is 0 Å².